The van der Waals surface area contributed by atoms with Crippen molar-refractivity contribution in [3.63, 3.8) is 0 Å². The van der Waals surface area contributed by atoms with Crippen molar-refractivity contribution in [2.45, 2.75) is 6.54 Å². The SMILES string of the molecule is c1coc(-c2cnc(NCc3cccs3)nc2-c2ccco2)c1. The number of rotatable bonds is 5. The third-order valence-corrected chi connectivity index (χ3v) is 4.21. The first kappa shape index (κ1) is 13.8. The topological polar surface area (TPSA) is 64.1 Å². The van der Waals surface area contributed by atoms with Crippen molar-refractivity contribution in [2.75, 3.05) is 5.32 Å². The quantitative estimate of drug-likeness (QED) is 0.578. The smallest absolute Gasteiger partial charge is 0.223 e. The molecule has 4 heterocycles. The summed E-state index contributed by atoms with van der Waals surface area (Å²) in [6, 6.07) is 11.5. The lowest BCUT2D eigenvalue weighted by molar-refractivity contribution is 0.573. The number of nitrogens with zero attached hydrogens (tertiary/aromatic N) is 2. The molecule has 0 aromatic carbocycles. The van der Waals surface area contributed by atoms with Gasteiger partial charge >= 0.3 is 0 Å². The highest BCUT2D eigenvalue weighted by Gasteiger charge is 2.15. The second kappa shape index (κ2) is 6.10. The van der Waals surface area contributed by atoms with Crippen LogP contribution in [0.25, 0.3) is 22.8 Å². The van der Waals surface area contributed by atoms with Gasteiger partial charge in [0.25, 0.3) is 0 Å². The molecule has 5 nitrogen and oxygen atoms in total. The highest BCUT2D eigenvalue weighted by molar-refractivity contribution is 7.09. The molecule has 0 aliphatic rings. The number of hydrogen-bond acceptors (Lipinski definition) is 6. The van der Waals surface area contributed by atoms with Gasteiger partial charge in [0, 0.05) is 11.1 Å². The van der Waals surface area contributed by atoms with Gasteiger partial charge in [0.15, 0.2) is 5.76 Å². The van der Waals surface area contributed by atoms with Gasteiger partial charge in [-0.05, 0) is 35.7 Å². The number of furan rings is 2. The Balaban J connectivity index is 1.69. The zero-order valence-corrected chi connectivity index (χ0v) is 12.9. The molecule has 6 heteroatoms. The van der Waals surface area contributed by atoms with Crippen molar-refractivity contribution >= 4 is 17.3 Å². The minimum Gasteiger partial charge on any atom is -0.464 e. The third kappa shape index (κ3) is 2.89. The Labute approximate surface area is 136 Å². The van der Waals surface area contributed by atoms with Crippen LogP contribution in [-0.2, 0) is 6.54 Å². The maximum Gasteiger partial charge on any atom is 0.223 e. The molecule has 4 aromatic rings. The maximum atomic E-state index is 5.51. The van der Waals surface area contributed by atoms with E-state index in [1.54, 1.807) is 30.1 Å². The number of nitrogens with one attached hydrogen (secondary N) is 1. The van der Waals surface area contributed by atoms with Crippen LogP contribution in [0.4, 0.5) is 5.95 Å². The lowest BCUT2D eigenvalue weighted by atomic mass is 10.1. The minimum absolute atomic E-state index is 0.556. The Morgan fingerprint density at radius 1 is 1.00 bits per heavy atom. The van der Waals surface area contributed by atoms with Crippen LogP contribution in [0, 0.1) is 0 Å². The Morgan fingerprint density at radius 3 is 2.52 bits per heavy atom. The fraction of sp³-hybridized carbons (Fsp3) is 0.0588. The van der Waals surface area contributed by atoms with Crippen molar-refractivity contribution < 1.29 is 8.83 Å². The summed E-state index contributed by atoms with van der Waals surface area (Å²) in [5, 5.41) is 5.29. The second-order valence-electron chi connectivity index (χ2n) is 4.84. The van der Waals surface area contributed by atoms with E-state index in [1.165, 1.54) is 4.88 Å². The van der Waals surface area contributed by atoms with Gasteiger partial charge in [-0.15, -0.1) is 11.3 Å². The van der Waals surface area contributed by atoms with Crippen molar-refractivity contribution in [3.05, 3.63) is 65.4 Å². The lowest BCUT2D eigenvalue weighted by Gasteiger charge is -2.08. The predicted molar refractivity (Wildman–Crippen MR) is 89.1 cm³/mol. The summed E-state index contributed by atoms with van der Waals surface area (Å²) >= 11 is 1.69. The summed E-state index contributed by atoms with van der Waals surface area (Å²) in [7, 11) is 0. The fourth-order valence-corrected chi connectivity index (χ4v) is 2.90. The summed E-state index contributed by atoms with van der Waals surface area (Å²) in [5.74, 6) is 1.94. The highest BCUT2D eigenvalue weighted by Crippen LogP contribution is 2.31. The van der Waals surface area contributed by atoms with Crippen LogP contribution in [0.1, 0.15) is 4.88 Å². The van der Waals surface area contributed by atoms with Crippen molar-refractivity contribution in [3.8, 4) is 22.8 Å². The number of hydrogen-bond donors (Lipinski definition) is 1. The summed E-state index contributed by atoms with van der Waals surface area (Å²) in [4.78, 5) is 10.2. The van der Waals surface area contributed by atoms with Crippen LogP contribution in [0.2, 0.25) is 0 Å². The molecule has 0 fully saturated rings. The van der Waals surface area contributed by atoms with E-state index in [2.05, 4.69) is 21.4 Å². The monoisotopic (exact) mass is 323 g/mol. The van der Waals surface area contributed by atoms with Crippen molar-refractivity contribution in [1.29, 1.82) is 0 Å². The Kier molecular flexibility index (Phi) is 3.65. The standard InChI is InChI=1S/C17H13N3O2S/c1-5-14(21-7-1)13-11-19-17(18-10-12-4-3-9-23-12)20-16(13)15-6-2-8-22-15/h1-9,11H,10H2,(H,18,19,20). The van der Waals surface area contributed by atoms with Gasteiger partial charge in [0.05, 0.1) is 24.6 Å². The second-order valence-corrected chi connectivity index (χ2v) is 5.88. The van der Waals surface area contributed by atoms with Crippen molar-refractivity contribution in [2.24, 2.45) is 0 Å². The zero-order chi connectivity index (χ0) is 15.5. The highest BCUT2D eigenvalue weighted by atomic mass is 32.1. The molecule has 0 saturated heterocycles. The molecule has 23 heavy (non-hydrogen) atoms. The molecular formula is C17H13N3O2S. The molecule has 114 valence electrons. The van der Waals surface area contributed by atoms with Gasteiger partial charge in [0.2, 0.25) is 5.95 Å². The van der Waals surface area contributed by atoms with Gasteiger partial charge in [-0.1, -0.05) is 6.07 Å². The van der Waals surface area contributed by atoms with E-state index >= 15 is 0 Å². The van der Waals surface area contributed by atoms with Crippen LogP contribution in [0.5, 0.6) is 0 Å². The molecule has 0 saturated carbocycles. The molecule has 0 aliphatic carbocycles. The predicted octanol–water partition coefficient (Wildman–Crippen LogP) is 4.67. The molecule has 0 unspecified atom stereocenters. The Hall–Kier alpha value is -2.86. The van der Waals surface area contributed by atoms with Gasteiger partial charge in [-0.2, -0.15) is 0 Å². The first-order chi connectivity index (χ1) is 11.4. The van der Waals surface area contributed by atoms with Gasteiger partial charge in [-0.3, -0.25) is 0 Å². The van der Waals surface area contributed by atoms with Gasteiger partial charge in [-0.25, -0.2) is 9.97 Å². The van der Waals surface area contributed by atoms with Gasteiger partial charge < -0.3 is 14.2 Å². The first-order valence-corrected chi connectivity index (χ1v) is 7.99. The summed E-state index contributed by atoms with van der Waals surface area (Å²) in [6.45, 7) is 0.690. The van der Waals surface area contributed by atoms with Crippen LogP contribution < -0.4 is 5.32 Å². The summed E-state index contributed by atoms with van der Waals surface area (Å²) in [5.41, 5.74) is 1.50. The Morgan fingerprint density at radius 2 is 1.83 bits per heavy atom. The molecule has 0 atom stereocenters. The number of thiophene rings is 1. The van der Waals surface area contributed by atoms with Gasteiger partial charge in [0.1, 0.15) is 11.5 Å². The van der Waals surface area contributed by atoms with E-state index in [0.29, 0.717) is 29.7 Å². The van der Waals surface area contributed by atoms with E-state index in [-0.39, 0.29) is 0 Å². The van der Waals surface area contributed by atoms with Crippen LogP contribution in [-0.4, -0.2) is 9.97 Å². The van der Waals surface area contributed by atoms with Crippen LogP contribution in [0.15, 0.2) is 69.3 Å². The Bertz CT molecular complexity index is 869. The minimum atomic E-state index is 0.556. The molecule has 0 aliphatic heterocycles. The first-order valence-electron chi connectivity index (χ1n) is 7.11. The molecular weight excluding hydrogens is 310 g/mol. The van der Waals surface area contributed by atoms with E-state index in [0.717, 1.165) is 5.56 Å². The third-order valence-electron chi connectivity index (χ3n) is 3.33. The summed E-state index contributed by atoms with van der Waals surface area (Å²) < 4.78 is 11.0. The van der Waals surface area contributed by atoms with Crippen LogP contribution in [0.3, 0.4) is 0 Å². The van der Waals surface area contributed by atoms with E-state index in [4.69, 9.17) is 8.83 Å². The van der Waals surface area contributed by atoms with Crippen LogP contribution >= 0.6 is 11.3 Å². The fourth-order valence-electron chi connectivity index (χ4n) is 2.26. The number of anilines is 1. The average Bonchev–Trinajstić information content (AvgIpc) is 3.36. The molecule has 4 aromatic heterocycles. The summed E-state index contributed by atoms with van der Waals surface area (Å²) in [6.07, 6.45) is 5.01. The molecule has 1 N–H and O–H groups in total. The normalized spacial score (nSPS) is 10.8. The maximum absolute atomic E-state index is 5.51. The van der Waals surface area contributed by atoms with E-state index in [1.807, 2.05) is 35.7 Å². The van der Waals surface area contributed by atoms with E-state index in [9.17, 15) is 0 Å². The average molecular weight is 323 g/mol. The zero-order valence-electron chi connectivity index (χ0n) is 12.1. The molecule has 0 radical (unpaired) electrons. The van der Waals surface area contributed by atoms with Crippen molar-refractivity contribution in [1.82, 2.24) is 9.97 Å². The number of aromatic nitrogens is 2. The molecule has 0 bridgehead atoms. The molecule has 0 spiro atoms. The van der Waals surface area contributed by atoms with E-state index < -0.39 is 0 Å². The molecule has 0 amide bonds. The largest absolute Gasteiger partial charge is 0.464 e. The molecule has 4 rings (SSSR count). The lowest BCUT2D eigenvalue weighted by Crippen LogP contribution is -2.03.